The van der Waals surface area contributed by atoms with E-state index in [2.05, 4.69) is 184 Å². The summed E-state index contributed by atoms with van der Waals surface area (Å²) >= 11 is 0. The molecule has 0 aliphatic heterocycles. The van der Waals surface area contributed by atoms with Crippen LogP contribution < -0.4 is 0 Å². The average molecular weight is 625 g/mol. The number of para-hydroxylation sites is 2. The van der Waals surface area contributed by atoms with Crippen LogP contribution in [0.5, 0.6) is 0 Å². The quantitative estimate of drug-likeness (QED) is 0.180. The van der Waals surface area contributed by atoms with Gasteiger partial charge in [-0.15, -0.1) is 0 Å². The van der Waals surface area contributed by atoms with Crippen molar-refractivity contribution in [3.8, 4) is 22.5 Å². The molecule has 0 spiro atoms. The molecule has 0 aliphatic carbocycles. The molecule has 0 fully saturated rings. The van der Waals surface area contributed by atoms with Crippen LogP contribution in [0, 0.1) is 10.8 Å². The van der Waals surface area contributed by atoms with E-state index in [4.69, 9.17) is 0 Å². The van der Waals surface area contributed by atoms with Crippen molar-refractivity contribution < 1.29 is 0 Å². The summed E-state index contributed by atoms with van der Waals surface area (Å²) in [7, 11) is 0. The first-order valence-electron chi connectivity index (χ1n) is 17.3. The zero-order valence-electron chi connectivity index (χ0n) is 29.0. The number of rotatable bonds is 5. The second kappa shape index (κ2) is 11.3. The van der Waals surface area contributed by atoms with Gasteiger partial charge in [-0.2, -0.15) is 0 Å². The second-order valence-corrected chi connectivity index (χ2v) is 16.0. The summed E-state index contributed by atoms with van der Waals surface area (Å²) in [5, 5.41) is 5.18. The Balaban J connectivity index is 1.30. The molecule has 0 atom stereocenters. The zero-order chi connectivity index (χ0) is 33.2. The average Bonchev–Trinajstić information content (AvgIpc) is 3.55. The molecule has 0 unspecified atom stereocenters. The van der Waals surface area contributed by atoms with Gasteiger partial charge in [0.25, 0.3) is 0 Å². The summed E-state index contributed by atoms with van der Waals surface area (Å²) in [6, 6.07) is 49.8. The lowest BCUT2D eigenvalue weighted by molar-refractivity contribution is 0.411. The number of benzene rings is 6. The lowest BCUT2D eigenvalue weighted by Gasteiger charge is -2.19. The van der Waals surface area contributed by atoms with Crippen LogP contribution in [0.25, 0.3) is 66.1 Å². The van der Waals surface area contributed by atoms with Crippen molar-refractivity contribution in [3.63, 3.8) is 0 Å². The second-order valence-electron chi connectivity index (χ2n) is 16.0. The zero-order valence-corrected chi connectivity index (χ0v) is 29.0. The maximum Gasteiger partial charge on any atom is 0.0543 e. The first-order valence-corrected chi connectivity index (χ1v) is 17.3. The lowest BCUT2D eigenvalue weighted by atomic mass is 9.87. The van der Waals surface area contributed by atoms with E-state index in [1.807, 2.05) is 0 Å². The molecule has 8 rings (SSSR count). The SMILES string of the molecule is CC(C)(C)Cc1ccc2c3ccc(CC(C)(C)C)cc3n(-c3cccc(-c4cccc(-n5c6ccccc6c6ccccc65)c4)c3)c2c1. The fourth-order valence-corrected chi connectivity index (χ4v) is 7.68. The van der Waals surface area contributed by atoms with E-state index in [-0.39, 0.29) is 10.8 Å². The van der Waals surface area contributed by atoms with Gasteiger partial charge in [0.15, 0.2) is 0 Å². The molecule has 2 aromatic heterocycles. The highest BCUT2D eigenvalue weighted by atomic mass is 15.0. The normalized spacial score (nSPS) is 12.5. The predicted molar refractivity (Wildman–Crippen MR) is 207 cm³/mol. The number of fused-ring (bicyclic) bond motifs is 6. The number of hydrogen-bond acceptors (Lipinski definition) is 0. The number of aromatic nitrogens is 2. The van der Waals surface area contributed by atoms with Crippen molar-refractivity contribution in [2.75, 3.05) is 0 Å². The summed E-state index contributed by atoms with van der Waals surface area (Å²) in [4.78, 5) is 0. The van der Waals surface area contributed by atoms with Gasteiger partial charge < -0.3 is 9.13 Å². The molecular formula is C46H44N2. The van der Waals surface area contributed by atoms with Crippen molar-refractivity contribution in [2.45, 2.75) is 54.4 Å². The Bertz CT molecular complexity index is 2340. The standard InChI is InChI=1S/C46H44N2/c1-45(2,3)29-31-21-23-39-40-24-22-32(30-46(4,5)6)26-44(40)48(43(39)25-31)36-16-12-14-34(28-36)33-13-11-15-35(27-33)47-41-19-9-7-17-37(41)38-18-8-10-20-42(38)47/h7-28H,29-30H2,1-6H3. The van der Waals surface area contributed by atoms with Crippen molar-refractivity contribution in [1.82, 2.24) is 9.13 Å². The van der Waals surface area contributed by atoms with Gasteiger partial charge >= 0.3 is 0 Å². The molecule has 0 radical (unpaired) electrons. The van der Waals surface area contributed by atoms with E-state index in [0.29, 0.717) is 0 Å². The Morgan fingerprint density at radius 2 is 0.771 bits per heavy atom. The molecule has 48 heavy (non-hydrogen) atoms. The molecule has 0 amide bonds. The Morgan fingerprint density at radius 3 is 1.21 bits per heavy atom. The Kier molecular flexibility index (Phi) is 7.11. The summed E-state index contributed by atoms with van der Waals surface area (Å²) < 4.78 is 4.90. The van der Waals surface area contributed by atoms with Crippen molar-refractivity contribution in [3.05, 3.63) is 145 Å². The van der Waals surface area contributed by atoms with E-state index >= 15 is 0 Å². The minimum Gasteiger partial charge on any atom is -0.309 e. The molecule has 2 heterocycles. The third kappa shape index (κ3) is 5.50. The first-order chi connectivity index (χ1) is 23.0. The summed E-state index contributed by atoms with van der Waals surface area (Å²) in [6.45, 7) is 13.9. The van der Waals surface area contributed by atoms with Gasteiger partial charge in [0.1, 0.15) is 0 Å². The Hall–Kier alpha value is -5.08. The van der Waals surface area contributed by atoms with Gasteiger partial charge in [-0.05, 0) is 94.5 Å². The van der Waals surface area contributed by atoms with Gasteiger partial charge in [-0.1, -0.05) is 126 Å². The molecular weight excluding hydrogens is 581 g/mol. The Morgan fingerprint density at radius 1 is 0.375 bits per heavy atom. The van der Waals surface area contributed by atoms with Crippen LogP contribution in [0.2, 0.25) is 0 Å². The maximum atomic E-state index is 2.50. The number of hydrogen-bond donors (Lipinski definition) is 0. The van der Waals surface area contributed by atoms with Crippen LogP contribution in [0.15, 0.2) is 133 Å². The van der Waals surface area contributed by atoms with Crippen LogP contribution in [0.4, 0.5) is 0 Å². The number of nitrogens with zero attached hydrogens (tertiary/aromatic N) is 2. The molecule has 0 bridgehead atoms. The molecule has 8 aromatic rings. The van der Waals surface area contributed by atoms with Crippen molar-refractivity contribution in [2.24, 2.45) is 10.8 Å². The molecule has 0 saturated carbocycles. The summed E-state index contributed by atoms with van der Waals surface area (Å²) in [5.41, 5.74) is 13.0. The molecule has 238 valence electrons. The fraction of sp³-hybridized carbons (Fsp3) is 0.217. The summed E-state index contributed by atoms with van der Waals surface area (Å²) in [5.74, 6) is 0. The van der Waals surface area contributed by atoms with Gasteiger partial charge in [0.2, 0.25) is 0 Å². The highest BCUT2D eigenvalue weighted by molar-refractivity contribution is 6.10. The van der Waals surface area contributed by atoms with Gasteiger partial charge in [-0.25, -0.2) is 0 Å². The molecule has 2 heteroatoms. The molecule has 0 N–H and O–H groups in total. The van der Waals surface area contributed by atoms with E-state index in [0.717, 1.165) is 12.8 Å². The molecule has 2 nitrogen and oxygen atoms in total. The van der Waals surface area contributed by atoms with Crippen LogP contribution >= 0.6 is 0 Å². The van der Waals surface area contributed by atoms with E-state index < -0.39 is 0 Å². The molecule has 6 aromatic carbocycles. The Labute approximate surface area is 284 Å². The van der Waals surface area contributed by atoms with Gasteiger partial charge in [0, 0.05) is 32.9 Å². The minimum atomic E-state index is 0.214. The van der Waals surface area contributed by atoms with Crippen LogP contribution in [0.1, 0.15) is 52.7 Å². The van der Waals surface area contributed by atoms with E-state index in [1.54, 1.807) is 0 Å². The lowest BCUT2D eigenvalue weighted by Crippen LogP contribution is -2.09. The highest BCUT2D eigenvalue weighted by Gasteiger charge is 2.19. The predicted octanol–water partition coefficient (Wildman–Crippen LogP) is 12.7. The topological polar surface area (TPSA) is 9.86 Å². The molecule has 0 aliphatic rings. The largest absolute Gasteiger partial charge is 0.309 e. The third-order valence-electron chi connectivity index (χ3n) is 9.49. The van der Waals surface area contributed by atoms with Gasteiger partial charge in [-0.3, -0.25) is 0 Å². The monoisotopic (exact) mass is 624 g/mol. The van der Waals surface area contributed by atoms with Crippen LogP contribution in [-0.2, 0) is 12.8 Å². The van der Waals surface area contributed by atoms with Crippen LogP contribution in [-0.4, -0.2) is 9.13 Å². The smallest absolute Gasteiger partial charge is 0.0543 e. The van der Waals surface area contributed by atoms with Crippen molar-refractivity contribution in [1.29, 1.82) is 0 Å². The van der Waals surface area contributed by atoms with Crippen molar-refractivity contribution >= 4 is 43.6 Å². The molecule has 0 saturated heterocycles. The fourth-order valence-electron chi connectivity index (χ4n) is 7.68. The van der Waals surface area contributed by atoms with E-state index in [9.17, 15) is 0 Å². The van der Waals surface area contributed by atoms with E-state index in [1.165, 1.54) is 77.2 Å². The minimum absolute atomic E-state index is 0.214. The third-order valence-corrected chi connectivity index (χ3v) is 9.49. The van der Waals surface area contributed by atoms with Gasteiger partial charge in [0.05, 0.1) is 22.1 Å². The maximum absolute atomic E-state index is 2.50. The van der Waals surface area contributed by atoms with Crippen LogP contribution in [0.3, 0.4) is 0 Å². The summed E-state index contributed by atoms with van der Waals surface area (Å²) in [6.07, 6.45) is 2.07. The first kappa shape index (κ1) is 30.3. The highest BCUT2D eigenvalue weighted by Crippen LogP contribution is 2.37.